The first kappa shape index (κ1) is 19.5. The van der Waals surface area contributed by atoms with Crippen LogP contribution < -0.4 is 10.6 Å². The molecule has 1 rings (SSSR count). The van der Waals surface area contributed by atoms with Crippen LogP contribution >= 0.6 is 0 Å². The Kier molecular flexibility index (Phi) is 8.70. The lowest BCUT2D eigenvalue weighted by Gasteiger charge is -2.30. The minimum absolute atomic E-state index is 0.0904. The van der Waals surface area contributed by atoms with Crippen LogP contribution in [0.25, 0.3) is 0 Å². The van der Waals surface area contributed by atoms with Crippen LogP contribution in [0.15, 0.2) is 35.3 Å². The van der Waals surface area contributed by atoms with E-state index < -0.39 is 0 Å². The van der Waals surface area contributed by atoms with Crippen molar-refractivity contribution < 1.29 is 5.11 Å². The van der Waals surface area contributed by atoms with E-state index in [0.29, 0.717) is 0 Å². The van der Waals surface area contributed by atoms with Crippen LogP contribution in [0.1, 0.15) is 58.6 Å². The molecule has 1 aromatic rings. The number of aliphatic imine (C=N–C) groups is 1. The van der Waals surface area contributed by atoms with Crippen molar-refractivity contribution in [3.63, 3.8) is 0 Å². The third-order valence-corrected chi connectivity index (χ3v) is 4.71. The summed E-state index contributed by atoms with van der Waals surface area (Å²) in [4.78, 5) is 4.80. The van der Waals surface area contributed by atoms with Crippen molar-refractivity contribution in [1.82, 2.24) is 10.6 Å². The average Bonchev–Trinajstić information content (AvgIpc) is 2.59. The van der Waals surface area contributed by atoms with E-state index in [9.17, 15) is 5.11 Å². The molecular formula is C19H33N3O. The summed E-state index contributed by atoms with van der Waals surface area (Å²) in [5.74, 6) is 0.841. The van der Waals surface area contributed by atoms with E-state index >= 15 is 0 Å². The smallest absolute Gasteiger partial charge is 0.191 e. The number of aliphatic hydroxyl groups excluding tert-OH is 1. The van der Waals surface area contributed by atoms with Crippen molar-refractivity contribution in [2.24, 2.45) is 10.4 Å². The van der Waals surface area contributed by atoms with Crippen molar-refractivity contribution in [2.45, 2.75) is 53.0 Å². The average molecular weight is 319 g/mol. The fraction of sp³-hybridized carbons (Fsp3) is 0.632. The van der Waals surface area contributed by atoms with E-state index in [1.807, 2.05) is 6.07 Å². The van der Waals surface area contributed by atoms with Crippen molar-refractivity contribution in [1.29, 1.82) is 0 Å². The maximum Gasteiger partial charge on any atom is 0.191 e. The Labute approximate surface area is 141 Å². The summed E-state index contributed by atoms with van der Waals surface area (Å²) < 4.78 is 0. The van der Waals surface area contributed by atoms with Gasteiger partial charge in [0.2, 0.25) is 0 Å². The van der Waals surface area contributed by atoms with Gasteiger partial charge in [0.05, 0.1) is 6.04 Å². The summed E-state index contributed by atoms with van der Waals surface area (Å²) in [6.45, 7) is 10.4. The number of hydrogen-bond donors (Lipinski definition) is 3. The highest BCUT2D eigenvalue weighted by atomic mass is 16.3. The predicted molar refractivity (Wildman–Crippen MR) is 98.7 cm³/mol. The quantitative estimate of drug-likeness (QED) is 0.482. The van der Waals surface area contributed by atoms with Gasteiger partial charge in [-0.3, -0.25) is 4.99 Å². The number of benzene rings is 1. The Morgan fingerprint density at radius 2 is 1.83 bits per heavy atom. The molecule has 0 radical (unpaired) electrons. The standard InChI is InChI=1S/C19H33N3O/c1-5-19(6-2,13-14-23)15-21-18(20-7-3)22-16(4)17-11-9-8-10-12-17/h8-12,16,23H,5-7,13-15H2,1-4H3,(H2,20,21,22). The first-order chi connectivity index (χ1) is 11.1. The van der Waals surface area contributed by atoms with Crippen molar-refractivity contribution >= 4 is 5.96 Å². The molecule has 1 aromatic carbocycles. The van der Waals surface area contributed by atoms with Crippen molar-refractivity contribution in [2.75, 3.05) is 19.7 Å². The van der Waals surface area contributed by atoms with Crippen molar-refractivity contribution in [3.8, 4) is 0 Å². The van der Waals surface area contributed by atoms with Gasteiger partial charge in [-0.05, 0) is 44.1 Å². The third-order valence-electron chi connectivity index (χ3n) is 4.71. The molecule has 130 valence electrons. The maximum absolute atomic E-state index is 9.35. The number of aliphatic hydroxyl groups is 1. The highest BCUT2D eigenvalue weighted by molar-refractivity contribution is 5.80. The number of hydrogen-bond acceptors (Lipinski definition) is 2. The molecule has 0 saturated carbocycles. The monoisotopic (exact) mass is 319 g/mol. The summed E-state index contributed by atoms with van der Waals surface area (Å²) in [7, 11) is 0. The van der Waals surface area contributed by atoms with Gasteiger partial charge >= 0.3 is 0 Å². The Morgan fingerprint density at radius 3 is 2.35 bits per heavy atom. The minimum Gasteiger partial charge on any atom is -0.396 e. The second kappa shape index (κ2) is 10.3. The molecule has 0 aliphatic carbocycles. The number of nitrogens with zero attached hydrogens (tertiary/aromatic N) is 1. The third kappa shape index (κ3) is 6.22. The molecule has 1 atom stereocenters. The molecule has 0 aliphatic rings. The molecule has 4 nitrogen and oxygen atoms in total. The van der Waals surface area contributed by atoms with E-state index in [0.717, 1.165) is 38.3 Å². The summed E-state index contributed by atoms with van der Waals surface area (Å²) >= 11 is 0. The van der Waals surface area contributed by atoms with Gasteiger partial charge < -0.3 is 15.7 Å². The molecular weight excluding hydrogens is 286 g/mol. The second-order valence-corrected chi connectivity index (χ2v) is 6.15. The van der Waals surface area contributed by atoms with Gasteiger partial charge in [0.25, 0.3) is 0 Å². The van der Waals surface area contributed by atoms with Crippen LogP contribution in [0.5, 0.6) is 0 Å². The fourth-order valence-corrected chi connectivity index (χ4v) is 2.74. The largest absolute Gasteiger partial charge is 0.396 e. The number of guanidine groups is 1. The van der Waals surface area contributed by atoms with Gasteiger partial charge in [0, 0.05) is 19.7 Å². The maximum atomic E-state index is 9.35. The van der Waals surface area contributed by atoms with Crippen LogP contribution in [-0.2, 0) is 0 Å². The molecule has 0 bridgehead atoms. The zero-order valence-corrected chi connectivity index (χ0v) is 15.1. The van der Waals surface area contributed by atoms with E-state index in [-0.39, 0.29) is 18.1 Å². The molecule has 0 aliphatic heterocycles. The van der Waals surface area contributed by atoms with Crippen molar-refractivity contribution in [3.05, 3.63) is 35.9 Å². The number of rotatable bonds is 9. The lowest BCUT2D eigenvalue weighted by molar-refractivity contribution is 0.175. The van der Waals surface area contributed by atoms with Crippen LogP contribution in [0.2, 0.25) is 0 Å². The lowest BCUT2D eigenvalue weighted by Crippen LogP contribution is -2.40. The van der Waals surface area contributed by atoms with E-state index in [1.165, 1.54) is 5.56 Å². The lowest BCUT2D eigenvalue weighted by atomic mass is 9.79. The van der Waals surface area contributed by atoms with Gasteiger partial charge in [-0.25, -0.2) is 0 Å². The summed E-state index contributed by atoms with van der Waals surface area (Å²) in [6, 6.07) is 10.6. The molecule has 1 unspecified atom stereocenters. The number of nitrogens with one attached hydrogen (secondary N) is 2. The van der Waals surface area contributed by atoms with E-state index in [2.05, 4.69) is 62.6 Å². The minimum atomic E-state index is 0.0904. The van der Waals surface area contributed by atoms with Gasteiger partial charge in [-0.1, -0.05) is 44.2 Å². The van der Waals surface area contributed by atoms with Gasteiger partial charge in [0.15, 0.2) is 5.96 Å². The fourth-order valence-electron chi connectivity index (χ4n) is 2.74. The highest BCUT2D eigenvalue weighted by Gasteiger charge is 2.25. The van der Waals surface area contributed by atoms with E-state index in [1.54, 1.807) is 0 Å². The molecule has 23 heavy (non-hydrogen) atoms. The molecule has 0 fully saturated rings. The Balaban J connectivity index is 2.80. The van der Waals surface area contributed by atoms with Crippen LogP contribution in [0.3, 0.4) is 0 Å². The van der Waals surface area contributed by atoms with Gasteiger partial charge in [0.1, 0.15) is 0 Å². The Hall–Kier alpha value is -1.55. The van der Waals surface area contributed by atoms with Gasteiger partial charge in [-0.2, -0.15) is 0 Å². The Bertz CT molecular complexity index is 455. The molecule has 3 N–H and O–H groups in total. The summed E-state index contributed by atoms with van der Waals surface area (Å²) in [6.07, 6.45) is 2.86. The molecule has 0 spiro atoms. The molecule has 0 amide bonds. The zero-order chi connectivity index (χ0) is 17.1. The molecule has 4 heteroatoms. The van der Waals surface area contributed by atoms with Crippen LogP contribution in [-0.4, -0.2) is 30.8 Å². The first-order valence-electron chi connectivity index (χ1n) is 8.81. The van der Waals surface area contributed by atoms with E-state index in [4.69, 9.17) is 4.99 Å². The SMILES string of the molecule is CCNC(=NCC(CC)(CC)CCO)NC(C)c1ccccc1. The summed E-state index contributed by atoms with van der Waals surface area (Å²) in [5, 5.41) is 16.1. The topological polar surface area (TPSA) is 56.7 Å². The predicted octanol–water partition coefficient (Wildman–Crippen LogP) is 3.49. The van der Waals surface area contributed by atoms with Crippen LogP contribution in [0, 0.1) is 5.41 Å². The Morgan fingerprint density at radius 1 is 1.17 bits per heavy atom. The summed E-state index contributed by atoms with van der Waals surface area (Å²) in [5.41, 5.74) is 1.33. The van der Waals surface area contributed by atoms with Gasteiger partial charge in [-0.15, -0.1) is 0 Å². The molecule has 0 aromatic heterocycles. The first-order valence-corrected chi connectivity index (χ1v) is 8.81. The zero-order valence-electron chi connectivity index (χ0n) is 15.1. The second-order valence-electron chi connectivity index (χ2n) is 6.15. The van der Waals surface area contributed by atoms with Crippen LogP contribution in [0.4, 0.5) is 0 Å². The highest BCUT2D eigenvalue weighted by Crippen LogP contribution is 2.30. The molecule has 0 saturated heterocycles. The normalized spacial score (nSPS) is 13.7. The molecule has 0 heterocycles.